The summed E-state index contributed by atoms with van der Waals surface area (Å²) in [5.74, 6) is 0.750. The van der Waals surface area contributed by atoms with Gasteiger partial charge in [-0.1, -0.05) is 0 Å². The van der Waals surface area contributed by atoms with Crippen molar-refractivity contribution >= 4 is 33.6 Å². The molecule has 1 amide bonds. The van der Waals surface area contributed by atoms with E-state index in [1.54, 1.807) is 18.1 Å². The van der Waals surface area contributed by atoms with Crippen LogP contribution in [0.25, 0.3) is 0 Å². The van der Waals surface area contributed by atoms with Gasteiger partial charge in [0.1, 0.15) is 5.82 Å². The van der Waals surface area contributed by atoms with Crippen molar-refractivity contribution in [2.45, 2.75) is 6.92 Å². The van der Waals surface area contributed by atoms with E-state index >= 15 is 0 Å². The van der Waals surface area contributed by atoms with Crippen LogP contribution in [0.3, 0.4) is 0 Å². The van der Waals surface area contributed by atoms with Gasteiger partial charge in [-0.25, -0.2) is 4.98 Å². The van der Waals surface area contributed by atoms with E-state index in [0.29, 0.717) is 11.8 Å². The Hall–Kier alpha value is -1.37. The number of anilines is 2. The van der Waals surface area contributed by atoms with Crippen molar-refractivity contribution in [3.05, 3.63) is 10.7 Å². The number of hydrogen-bond acceptors (Lipinski definition) is 5. The molecule has 0 radical (unpaired) electrons. The van der Waals surface area contributed by atoms with Crippen molar-refractivity contribution in [1.82, 2.24) is 9.97 Å². The Labute approximate surface area is 102 Å². The summed E-state index contributed by atoms with van der Waals surface area (Å²) in [5, 5.41) is 3.00. The van der Waals surface area contributed by atoms with Crippen LogP contribution in [0, 0.1) is 0 Å². The Kier molecular flexibility index (Phi) is 4.48. The third-order valence-corrected chi connectivity index (χ3v) is 2.37. The van der Waals surface area contributed by atoms with Gasteiger partial charge in [-0.05, 0) is 22.9 Å². The topological polar surface area (TPSA) is 84.1 Å². The fourth-order valence-electron chi connectivity index (χ4n) is 1.18. The summed E-state index contributed by atoms with van der Waals surface area (Å²) in [6.07, 6.45) is 1.64. The Morgan fingerprint density at radius 3 is 2.94 bits per heavy atom. The van der Waals surface area contributed by atoms with Gasteiger partial charge in [0.2, 0.25) is 11.9 Å². The maximum atomic E-state index is 10.8. The number of amides is 1. The Bertz CT molecular complexity index is 384. The zero-order chi connectivity index (χ0) is 12.1. The number of aromatic nitrogens is 2. The molecule has 0 atom stereocenters. The lowest BCUT2D eigenvalue weighted by atomic mass is 10.4. The van der Waals surface area contributed by atoms with Crippen LogP contribution < -0.4 is 16.0 Å². The van der Waals surface area contributed by atoms with Gasteiger partial charge in [-0.3, -0.25) is 4.79 Å². The van der Waals surface area contributed by atoms with E-state index < -0.39 is 5.91 Å². The highest BCUT2D eigenvalue weighted by Gasteiger charge is 2.11. The second kappa shape index (κ2) is 5.64. The van der Waals surface area contributed by atoms with Gasteiger partial charge in [0.25, 0.3) is 0 Å². The zero-order valence-corrected chi connectivity index (χ0v) is 10.8. The van der Waals surface area contributed by atoms with Crippen molar-refractivity contribution in [3.8, 4) is 0 Å². The predicted octanol–water partition coefficient (Wildman–Crippen LogP) is 0.592. The number of carbonyl (C=O) groups is 1. The fourth-order valence-corrected chi connectivity index (χ4v) is 1.67. The van der Waals surface area contributed by atoms with E-state index in [-0.39, 0.29) is 6.54 Å². The van der Waals surface area contributed by atoms with Crippen LogP contribution in [0.2, 0.25) is 0 Å². The number of primary amides is 1. The van der Waals surface area contributed by atoms with Crippen LogP contribution in [0.15, 0.2) is 10.7 Å². The normalized spacial score (nSPS) is 9.94. The quantitative estimate of drug-likeness (QED) is 0.828. The molecule has 0 aliphatic heterocycles. The average Bonchev–Trinajstić information content (AvgIpc) is 2.20. The van der Waals surface area contributed by atoms with Crippen LogP contribution >= 0.6 is 15.9 Å². The van der Waals surface area contributed by atoms with Crippen LogP contribution in [0.1, 0.15) is 6.92 Å². The third kappa shape index (κ3) is 3.34. The number of rotatable bonds is 5. The second-order valence-electron chi connectivity index (χ2n) is 3.22. The summed E-state index contributed by atoms with van der Waals surface area (Å²) in [7, 11) is 1.74. The van der Waals surface area contributed by atoms with Gasteiger partial charge >= 0.3 is 0 Å². The first-order valence-corrected chi connectivity index (χ1v) is 5.59. The molecule has 0 spiro atoms. The molecule has 16 heavy (non-hydrogen) atoms. The van der Waals surface area contributed by atoms with Crippen LogP contribution in [0.4, 0.5) is 11.8 Å². The number of carbonyl (C=O) groups excluding carboxylic acids is 1. The van der Waals surface area contributed by atoms with E-state index in [1.165, 1.54) is 0 Å². The predicted molar refractivity (Wildman–Crippen MR) is 66.4 cm³/mol. The monoisotopic (exact) mass is 287 g/mol. The minimum Gasteiger partial charge on any atom is -0.368 e. The van der Waals surface area contributed by atoms with E-state index in [2.05, 4.69) is 31.2 Å². The molecule has 0 aromatic carbocycles. The molecule has 3 N–H and O–H groups in total. The Morgan fingerprint density at radius 1 is 1.69 bits per heavy atom. The summed E-state index contributed by atoms with van der Waals surface area (Å²) < 4.78 is 0.720. The summed E-state index contributed by atoms with van der Waals surface area (Å²) >= 11 is 3.33. The molecule has 7 heteroatoms. The average molecular weight is 288 g/mol. The largest absolute Gasteiger partial charge is 0.368 e. The zero-order valence-electron chi connectivity index (χ0n) is 9.20. The Morgan fingerprint density at radius 2 is 2.38 bits per heavy atom. The van der Waals surface area contributed by atoms with Gasteiger partial charge in [-0.15, -0.1) is 0 Å². The first-order chi connectivity index (χ1) is 7.54. The molecule has 0 saturated carbocycles. The summed E-state index contributed by atoms with van der Waals surface area (Å²) in [5.41, 5.74) is 5.12. The molecule has 1 aromatic heterocycles. The van der Waals surface area contributed by atoms with E-state index in [1.807, 2.05) is 6.92 Å². The van der Waals surface area contributed by atoms with Crippen molar-refractivity contribution in [1.29, 1.82) is 0 Å². The highest BCUT2D eigenvalue weighted by Crippen LogP contribution is 2.22. The van der Waals surface area contributed by atoms with Gasteiger partial charge < -0.3 is 16.0 Å². The number of hydrogen-bond donors (Lipinski definition) is 2. The molecule has 1 rings (SSSR count). The number of nitrogens with two attached hydrogens (primary N) is 1. The van der Waals surface area contributed by atoms with Crippen LogP contribution in [-0.2, 0) is 4.79 Å². The lowest BCUT2D eigenvalue weighted by Gasteiger charge is -2.17. The van der Waals surface area contributed by atoms with Crippen molar-refractivity contribution in [2.24, 2.45) is 5.73 Å². The first kappa shape index (κ1) is 12.7. The number of nitrogens with one attached hydrogen (secondary N) is 1. The lowest BCUT2D eigenvalue weighted by molar-refractivity contribution is -0.116. The van der Waals surface area contributed by atoms with E-state index in [4.69, 9.17) is 5.73 Å². The third-order valence-electron chi connectivity index (χ3n) is 1.82. The molecule has 88 valence electrons. The lowest BCUT2D eigenvalue weighted by Crippen LogP contribution is -2.31. The summed E-state index contributed by atoms with van der Waals surface area (Å²) in [6.45, 7) is 2.81. The standard InChI is InChI=1S/C9H14BrN5O/c1-3-12-9-13-4-6(10)8(14-9)15(2)5-7(11)16/h4H,3,5H2,1-2H3,(H2,11,16)(H,12,13,14). The molecule has 0 aliphatic rings. The van der Waals surface area contributed by atoms with Crippen LogP contribution in [-0.4, -0.2) is 36.0 Å². The minimum atomic E-state index is -0.405. The fraction of sp³-hybridized carbons (Fsp3) is 0.444. The van der Waals surface area contributed by atoms with E-state index in [9.17, 15) is 4.79 Å². The SMILES string of the molecule is CCNc1ncc(Br)c(N(C)CC(N)=O)n1. The van der Waals surface area contributed by atoms with Gasteiger partial charge in [-0.2, -0.15) is 4.98 Å². The highest BCUT2D eigenvalue weighted by atomic mass is 79.9. The molecular weight excluding hydrogens is 274 g/mol. The number of nitrogens with zero attached hydrogens (tertiary/aromatic N) is 3. The minimum absolute atomic E-state index is 0.112. The maximum Gasteiger partial charge on any atom is 0.236 e. The molecule has 6 nitrogen and oxygen atoms in total. The molecule has 0 saturated heterocycles. The maximum absolute atomic E-state index is 10.8. The number of likely N-dealkylation sites (N-methyl/N-ethyl adjacent to an activating group) is 1. The van der Waals surface area contributed by atoms with E-state index in [0.717, 1.165) is 11.0 Å². The molecule has 0 aliphatic carbocycles. The van der Waals surface area contributed by atoms with Gasteiger partial charge in [0, 0.05) is 19.8 Å². The van der Waals surface area contributed by atoms with Crippen molar-refractivity contribution in [2.75, 3.05) is 30.4 Å². The van der Waals surface area contributed by atoms with Gasteiger partial charge in [0.15, 0.2) is 0 Å². The van der Waals surface area contributed by atoms with Gasteiger partial charge in [0.05, 0.1) is 11.0 Å². The Balaban J connectivity index is 2.92. The summed E-state index contributed by atoms with van der Waals surface area (Å²) in [6, 6.07) is 0. The molecule has 0 unspecified atom stereocenters. The molecule has 0 bridgehead atoms. The highest BCUT2D eigenvalue weighted by molar-refractivity contribution is 9.10. The molecule has 1 aromatic rings. The number of halogens is 1. The molecule has 1 heterocycles. The molecular formula is C9H14BrN5O. The summed E-state index contributed by atoms with van der Waals surface area (Å²) in [4.78, 5) is 20.8. The first-order valence-electron chi connectivity index (χ1n) is 4.80. The second-order valence-corrected chi connectivity index (χ2v) is 4.07. The van der Waals surface area contributed by atoms with Crippen LogP contribution in [0.5, 0.6) is 0 Å². The smallest absolute Gasteiger partial charge is 0.236 e. The van der Waals surface area contributed by atoms with Crippen molar-refractivity contribution in [3.63, 3.8) is 0 Å². The molecule has 0 fully saturated rings. The van der Waals surface area contributed by atoms with Crippen molar-refractivity contribution < 1.29 is 4.79 Å².